The minimum absolute atomic E-state index is 0.609. The largest absolute Gasteiger partial charge is 0.314 e. The normalized spacial score (nSPS) is 24.8. The Hall–Kier alpha value is -0.830. The molecule has 0 saturated heterocycles. The molecule has 0 aliphatic heterocycles. The Labute approximate surface area is 124 Å². The van der Waals surface area contributed by atoms with Crippen LogP contribution in [0.3, 0.4) is 0 Å². The van der Waals surface area contributed by atoms with Crippen LogP contribution in [0.15, 0.2) is 12.3 Å². The van der Waals surface area contributed by atoms with Gasteiger partial charge in [0.2, 0.25) is 0 Å². The van der Waals surface area contributed by atoms with Crippen molar-refractivity contribution in [3.05, 3.63) is 18.0 Å². The lowest BCUT2D eigenvalue weighted by Gasteiger charge is -2.34. The van der Waals surface area contributed by atoms with Gasteiger partial charge in [0.1, 0.15) is 0 Å². The quantitative estimate of drug-likeness (QED) is 0.826. The molecule has 20 heavy (non-hydrogen) atoms. The number of aromatic nitrogens is 2. The van der Waals surface area contributed by atoms with Crippen LogP contribution in [0.4, 0.5) is 0 Å². The summed E-state index contributed by atoms with van der Waals surface area (Å²) in [7, 11) is 2.00. The molecule has 1 aromatic heterocycles. The van der Waals surface area contributed by atoms with E-state index in [1.165, 1.54) is 44.2 Å². The third-order valence-corrected chi connectivity index (χ3v) is 4.82. The summed E-state index contributed by atoms with van der Waals surface area (Å²) in [6.45, 7) is 5.59. The number of likely N-dealkylation sites (N-methyl/N-ethyl adjacent to an activating group) is 1. The second kappa shape index (κ2) is 7.82. The van der Waals surface area contributed by atoms with E-state index in [0.717, 1.165) is 24.8 Å². The first-order valence-electron chi connectivity index (χ1n) is 8.44. The highest BCUT2D eigenvalue weighted by atomic mass is 15.2. The average molecular weight is 277 g/mol. The predicted octanol–water partition coefficient (Wildman–Crippen LogP) is 3.55. The van der Waals surface area contributed by atoms with Crippen LogP contribution < -0.4 is 5.32 Å². The molecular formula is C17H31N3. The van der Waals surface area contributed by atoms with Gasteiger partial charge in [-0.25, -0.2) is 0 Å². The summed E-state index contributed by atoms with van der Waals surface area (Å²) in [6, 6.07) is 2.77. The van der Waals surface area contributed by atoms with E-state index < -0.39 is 0 Å². The molecule has 3 nitrogen and oxygen atoms in total. The fourth-order valence-corrected chi connectivity index (χ4v) is 3.75. The molecule has 0 amide bonds. The summed E-state index contributed by atoms with van der Waals surface area (Å²) in [6.07, 6.45) is 11.6. The van der Waals surface area contributed by atoms with Crippen LogP contribution in [0.5, 0.6) is 0 Å². The van der Waals surface area contributed by atoms with Gasteiger partial charge in [-0.3, -0.25) is 4.68 Å². The van der Waals surface area contributed by atoms with E-state index in [-0.39, 0.29) is 0 Å². The second-order valence-electron chi connectivity index (χ2n) is 6.42. The van der Waals surface area contributed by atoms with Gasteiger partial charge in [0.15, 0.2) is 0 Å². The first-order valence-corrected chi connectivity index (χ1v) is 8.44. The lowest BCUT2D eigenvalue weighted by atomic mass is 9.76. The van der Waals surface area contributed by atoms with Gasteiger partial charge in [-0.2, -0.15) is 5.10 Å². The summed E-state index contributed by atoms with van der Waals surface area (Å²) in [5, 5.41) is 8.26. The molecule has 1 fully saturated rings. The molecule has 1 aliphatic carbocycles. The molecule has 1 aliphatic rings. The number of hydrogen-bond donors (Lipinski definition) is 1. The van der Waals surface area contributed by atoms with E-state index in [1.54, 1.807) is 0 Å². The first-order chi connectivity index (χ1) is 9.72. The SMILES string of the molecule is CCCC1CCC(C(Cc2ccn(C)n2)NCC)CC1. The maximum atomic E-state index is 4.55. The highest BCUT2D eigenvalue weighted by Crippen LogP contribution is 2.34. The van der Waals surface area contributed by atoms with Crippen molar-refractivity contribution < 1.29 is 0 Å². The van der Waals surface area contributed by atoms with Crippen LogP contribution in [-0.4, -0.2) is 22.4 Å². The maximum absolute atomic E-state index is 4.55. The molecule has 0 radical (unpaired) electrons. The average Bonchev–Trinajstić information content (AvgIpc) is 2.85. The van der Waals surface area contributed by atoms with Crippen LogP contribution in [0.1, 0.15) is 58.1 Å². The van der Waals surface area contributed by atoms with E-state index in [4.69, 9.17) is 0 Å². The topological polar surface area (TPSA) is 29.9 Å². The monoisotopic (exact) mass is 277 g/mol. The van der Waals surface area contributed by atoms with Crippen molar-refractivity contribution in [3.8, 4) is 0 Å². The number of aryl methyl sites for hydroxylation is 1. The molecule has 1 heterocycles. The molecule has 2 rings (SSSR count). The Morgan fingerprint density at radius 3 is 2.60 bits per heavy atom. The number of hydrogen-bond acceptors (Lipinski definition) is 2. The number of nitrogens with one attached hydrogen (secondary N) is 1. The van der Waals surface area contributed by atoms with Crippen molar-refractivity contribution in [1.82, 2.24) is 15.1 Å². The molecular weight excluding hydrogens is 246 g/mol. The van der Waals surface area contributed by atoms with E-state index in [9.17, 15) is 0 Å². The van der Waals surface area contributed by atoms with Crippen molar-refractivity contribution in [2.45, 2.75) is 64.8 Å². The fraction of sp³-hybridized carbons (Fsp3) is 0.824. The van der Waals surface area contributed by atoms with Gasteiger partial charge in [-0.1, -0.05) is 39.5 Å². The van der Waals surface area contributed by atoms with Gasteiger partial charge in [-0.05, 0) is 37.3 Å². The zero-order valence-electron chi connectivity index (χ0n) is 13.4. The second-order valence-corrected chi connectivity index (χ2v) is 6.42. The third-order valence-electron chi connectivity index (χ3n) is 4.82. The van der Waals surface area contributed by atoms with E-state index >= 15 is 0 Å². The molecule has 1 aromatic rings. The van der Waals surface area contributed by atoms with Crippen LogP contribution >= 0.6 is 0 Å². The molecule has 1 saturated carbocycles. The first kappa shape index (κ1) is 15.6. The van der Waals surface area contributed by atoms with E-state index in [2.05, 4.69) is 36.5 Å². The van der Waals surface area contributed by atoms with Crippen molar-refractivity contribution in [1.29, 1.82) is 0 Å². The maximum Gasteiger partial charge on any atom is 0.0640 e. The summed E-state index contributed by atoms with van der Waals surface area (Å²) in [5.41, 5.74) is 1.23. The van der Waals surface area contributed by atoms with Crippen molar-refractivity contribution in [3.63, 3.8) is 0 Å². The molecule has 1 atom stereocenters. The standard InChI is InChI=1S/C17H31N3/c1-4-6-14-7-9-15(10-8-14)17(18-5-2)13-16-11-12-20(3)19-16/h11-12,14-15,17-18H,4-10,13H2,1-3H3. The van der Waals surface area contributed by atoms with Gasteiger partial charge in [0, 0.05) is 25.7 Å². The smallest absolute Gasteiger partial charge is 0.0640 e. The van der Waals surface area contributed by atoms with Crippen LogP contribution in [-0.2, 0) is 13.5 Å². The van der Waals surface area contributed by atoms with Crippen LogP contribution in [0.2, 0.25) is 0 Å². The fourth-order valence-electron chi connectivity index (χ4n) is 3.75. The van der Waals surface area contributed by atoms with Gasteiger partial charge in [-0.15, -0.1) is 0 Å². The molecule has 0 aromatic carbocycles. The minimum atomic E-state index is 0.609. The highest BCUT2D eigenvalue weighted by molar-refractivity contribution is 5.02. The lowest BCUT2D eigenvalue weighted by Crippen LogP contribution is -2.39. The molecule has 1 N–H and O–H groups in total. The Bertz CT molecular complexity index is 377. The number of rotatable bonds is 7. The summed E-state index contributed by atoms with van der Waals surface area (Å²) < 4.78 is 1.91. The van der Waals surface area contributed by atoms with Crippen molar-refractivity contribution in [2.75, 3.05) is 6.54 Å². The molecule has 1 unspecified atom stereocenters. The zero-order chi connectivity index (χ0) is 14.4. The van der Waals surface area contributed by atoms with Crippen molar-refractivity contribution in [2.24, 2.45) is 18.9 Å². The van der Waals surface area contributed by atoms with Crippen LogP contribution in [0.25, 0.3) is 0 Å². The summed E-state index contributed by atoms with van der Waals surface area (Å²) in [4.78, 5) is 0. The Morgan fingerprint density at radius 2 is 2.05 bits per heavy atom. The Morgan fingerprint density at radius 1 is 1.30 bits per heavy atom. The van der Waals surface area contributed by atoms with Crippen molar-refractivity contribution >= 4 is 0 Å². The van der Waals surface area contributed by atoms with E-state index in [1.807, 2.05) is 11.7 Å². The molecule has 114 valence electrons. The Balaban J connectivity index is 1.88. The van der Waals surface area contributed by atoms with Crippen LogP contribution in [0, 0.1) is 11.8 Å². The third kappa shape index (κ3) is 4.34. The summed E-state index contributed by atoms with van der Waals surface area (Å²) in [5.74, 6) is 1.83. The molecule has 0 bridgehead atoms. The van der Waals surface area contributed by atoms with Gasteiger partial charge in [0.05, 0.1) is 5.69 Å². The van der Waals surface area contributed by atoms with E-state index in [0.29, 0.717) is 6.04 Å². The van der Waals surface area contributed by atoms with Gasteiger partial charge in [0.25, 0.3) is 0 Å². The van der Waals surface area contributed by atoms with Gasteiger partial charge >= 0.3 is 0 Å². The zero-order valence-corrected chi connectivity index (χ0v) is 13.4. The summed E-state index contributed by atoms with van der Waals surface area (Å²) >= 11 is 0. The molecule has 3 heteroatoms. The number of nitrogens with zero attached hydrogens (tertiary/aromatic N) is 2. The molecule has 0 spiro atoms. The van der Waals surface area contributed by atoms with Gasteiger partial charge < -0.3 is 5.32 Å². The Kier molecular flexibility index (Phi) is 6.08. The predicted molar refractivity (Wildman–Crippen MR) is 84.7 cm³/mol. The minimum Gasteiger partial charge on any atom is -0.314 e. The highest BCUT2D eigenvalue weighted by Gasteiger charge is 2.27. The lowest BCUT2D eigenvalue weighted by molar-refractivity contribution is 0.213.